The second kappa shape index (κ2) is 8.99. The maximum atomic E-state index is 6.32. The quantitative estimate of drug-likeness (QED) is 0.690. The molecule has 0 aliphatic carbocycles. The van der Waals surface area contributed by atoms with Gasteiger partial charge in [-0.1, -0.05) is 37.3 Å². The van der Waals surface area contributed by atoms with E-state index in [0.29, 0.717) is 18.6 Å². The van der Waals surface area contributed by atoms with Crippen molar-refractivity contribution in [3.63, 3.8) is 0 Å². The summed E-state index contributed by atoms with van der Waals surface area (Å²) < 4.78 is 12.5. The van der Waals surface area contributed by atoms with Gasteiger partial charge in [0.15, 0.2) is 0 Å². The van der Waals surface area contributed by atoms with Crippen LogP contribution in [0.5, 0.6) is 11.5 Å². The van der Waals surface area contributed by atoms with Crippen LogP contribution in [0.2, 0.25) is 0 Å². The minimum atomic E-state index is 0. The fraction of sp³-hybridized carbons (Fsp3) is 0.478. The molecule has 2 atom stereocenters. The van der Waals surface area contributed by atoms with Crippen LogP contribution in [-0.2, 0) is 6.61 Å². The summed E-state index contributed by atoms with van der Waals surface area (Å²) in [5, 5.41) is 0. The molecule has 4 heteroatoms. The Kier molecular flexibility index (Phi) is 6.67. The molecule has 2 aromatic rings. The molecule has 2 heterocycles. The fourth-order valence-corrected chi connectivity index (χ4v) is 4.50. The number of rotatable bonds is 5. The van der Waals surface area contributed by atoms with E-state index in [4.69, 9.17) is 9.47 Å². The minimum Gasteiger partial charge on any atom is -0.491 e. The van der Waals surface area contributed by atoms with Crippen LogP contribution >= 0.6 is 12.4 Å². The van der Waals surface area contributed by atoms with Crippen molar-refractivity contribution >= 4 is 12.4 Å². The number of hydrogen-bond acceptors (Lipinski definition) is 3. The smallest absolute Gasteiger partial charge is 0.127 e. The predicted octanol–water partition coefficient (Wildman–Crippen LogP) is 5.35. The highest BCUT2D eigenvalue weighted by molar-refractivity contribution is 5.85. The van der Waals surface area contributed by atoms with E-state index in [1.54, 1.807) is 0 Å². The third kappa shape index (κ3) is 4.25. The maximum Gasteiger partial charge on any atom is 0.127 e. The molecule has 2 aliphatic heterocycles. The van der Waals surface area contributed by atoms with Gasteiger partial charge in [0, 0.05) is 11.5 Å². The lowest BCUT2D eigenvalue weighted by Crippen LogP contribution is -2.49. The Morgan fingerprint density at radius 3 is 2.78 bits per heavy atom. The molecule has 0 radical (unpaired) electrons. The molecule has 1 saturated heterocycles. The van der Waals surface area contributed by atoms with E-state index in [0.717, 1.165) is 24.7 Å². The van der Waals surface area contributed by atoms with Crippen LogP contribution in [0.4, 0.5) is 0 Å². The van der Waals surface area contributed by atoms with Gasteiger partial charge in [-0.25, -0.2) is 0 Å². The molecule has 2 aliphatic rings. The van der Waals surface area contributed by atoms with Crippen LogP contribution in [0.1, 0.15) is 48.8 Å². The largest absolute Gasteiger partial charge is 0.491 e. The second-order valence-electron chi connectivity index (χ2n) is 7.61. The Balaban J connectivity index is 0.00000210. The van der Waals surface area contributed by atoms with Gasteiger partial charge in [-0.15, -0.1) is 12.4 Å². The van der Waals surface area contributed by atoms with Crippen molar-refractivity contribution in [2.75, 3.05) is 19.7 Å². The Morgan fingerprint density at radius 1 is 1.19 bits per heavy atom. The number of piperidine rings is 1. The zero-order valence-corrected chi connectivity index (χ0v) is 17.1. The summed E-state index contributed by atoms with van der Waals surface area (Å²) in [6, 6.07) is 15.3. The average Bonchev–Trinajstić information content (AvgIpc) is 2.67. The molecule has 0 saturated carbocycles. The fourth-order valence-electron chi connectivity index (χ4n) is 4.50. The molecule has 0 aromatic heterocycles. The standard InChI is InChI=1S/C23H29NO2.ClH/c1-3-11-24-12-7-10-19-20(24)16-26-22-14-17(2)13-21(23(19)22)25-15-18-8-5-4-6-9-18;/h4-6,8-9,13-14,19-20H,3,7,10-12,15-16H2,1-2H3;1H/t19-,20+;/m0./s1. The molecule has 2 aromatic carbocycles. The Bertz CT molecular complexity index is 748. The van der Waals surface area contributed by atoms with E-state index in [1.165, 1.54) is 42.5 Å². The molecule has 146 valence electrons. The topological polar surface area (TPSA) is 21.7 Å². The molecule has 1 fully saturated rings. The van der Waals surface area contributed by atoms with Crippen LogP contribution in [0.3, 0.4) is 0 Å². The van der Waals surface area contributed by atoms with Crippen LogP contribution in [0.15, 0.2) is 42.5 Å². The molecule has 0 amide bonds. The molecular weight excluding hydrogens is 358 g/mol. The Labute approximate surface area is 169 Å². The van der Waals surface area contributed by atoms with Crippen molar-refractivity contribution in [3.8, 4) is 11.5 Å². The number of fused-ring (bicyclic) bond motifs is 3. The first kappa shape index (κ1) is 20.0. The van der Waals surface area contributed by atoms with Crippen molar-refractivity contribution < 1.29 is 9.47 Å². The number of hydrogen-bond donors (Lipinski definition) is 0. The number of aryl methyl sites for hydroxylation is 1. The van der Waals surface area contributed by atoms with Crippen LogP contribution in [-0.4, -0.2) is 30.6 Å². The minimum absolute atomic E-state index is 0. The van der Waals surface area contributed by atoms with Crippen LogP contribution in [0, 0.1) is 6.92 Å². The Hall–Kier alpha value is -1.71. The van der Waals surface area contributed by atoms with Gasteiger partial charge in [0.05, 0.1) is 6.04 Å². The van der Waals surface area contributed by atoms with Crippen molar-refractivity contribution in [2.45, 2.75) is 51.7 Å². The summed E-state index contributed by atoms with van der Waals surface area (Å²) in [5.41, 5.74) is 3.70. The van der Waals surface area contributed by atoms with E-state index in [-0.39, 0.29) is 12.4 Å². The van der Waals surface area contributed by atoms with Crippen molar-refractivity contribution in [2.24, 2.45) is 0 Å². The summed E-state index contributed by atoms with van der Waals surface area (Å²) in [4.78, 5) is 2.62. The van der Waals surface area contributed by atoms with Gasteiger partial charge in [-0.3, -0.25) is 4.90 Å². The monoisotopic (exact) mass is 387 g/mol. The lowest BCUT2D eigenvalue weighted by Gasteiger charge is -2.45. The van der Waals surface area contributed by atoms with Crippen molar-refractivity contribution in [3.05, 3.63) is 59.2 Å². The number of benzene rings is 2. The zero-order valence-electron chi connectivity index (χ0n) is 16.3. The summed E-state index contributed by atoms with van der Waals surface area (Å²) in [5.74, 6) is 2.56. The molecule has 27 heavy (non-hydrogen) atoms. The van der Waals surface area contributed by atoms with E-state index >= 15 is 0 Å². The molecular formula is C23H30ClNO2. The van der Waals surface area contributed by atoms with Crippen molar-refractivity contribution in [1.82, 2.24) is 4.90 Å². The van der Waals surface area contributed by atoms with Crippen LogP contribution < -0.4 is 9.47 Å². The highest BCUT2D eigenvalue weighted by Crippen LogP contribution is 2.46. The van der Waals surface area contributed by atoms with Gasteiger partial charge in [0.1, 0.15) is 24.7 Å². The SMILES string of the molecule is CCCN1CCC[C@@H]2c3c(OCc4ccccc4)cc(C)cc3OC[C@H]21.Cl. The number of halogens is 1. The summed E-state index contributed by atoms with van der Waals surface area (Å²) in [6.07, 6.45) is 3.68. The summed E-state index contributed by atoms with van der Waals surface area (Å²) in [7, 11) is 0. The van der Waals surface area contributed by atoms with E-state index in [9.17, 15) is 0 Å². The van der Waals surface area contributed by atoms with Crippen molar-refractivity contribution in [1.29, 1.82) is 0 Å². The lowest BCUT2D eigenvalue weighted by molar-refractivity contribution is 0.0640. The summed E-state index contributed by atoms with van der Waals surface area (Å²) >= 11 is 0. The lowest BCUT2D eigenvalue weighted by atomic mass is 9.81. The predicted molar refractivity (Wildman–Crippen MR) is 112 cm³/mol. The summed E-state index contributed by atoms with van der Waals surface area (Å²) in [6.45, 7) is 8.14. The third-order valence-electron chi connectivity index (χ3n) is 5.67. The van der Waals surface area contributed by atoms with Crippen LogP contribution in [0.25, 0.3) is 0 Å². The number of ether oxygens (including phenoxy) is 2. The third-order valence-corrected chi connectivity index (χ3v) is 5.67. The first-order chi connectivity index (χ1) is 12.8. The molecule has 0 spiro atoms. The van der Waals surface area contributed by atoms with Gasteiger partial charge < -0.3 is 9.47 Å². The Morgan fingerprint density at radius 2 is 2.00 bits per heavy atom. The molecule has 0 unspecified atom stereocenters. The second-order valence-corrected chi connectivity index (χ2v) is 7.61. The highest BCUT2D eigenvalue weighted by atomic mass is 35.5. The average molecular weight is 388 g/mol. The van der Waals surface area contributed by atoms with E-state index in [1.807, 2.05) is 6.07 Å². The highest BCUT2D eigenvalue weighted by Gasteiger charge is 2.39. The van der Waals surface area contributed by atoms with Gasteiger partial charge in [-0.05, 0) is 62.5 Å². The molecule has 0 N–H and O–H groups in total. The van der Waals surface area contributed by atoms with Gasteiger partial charge >= 0.3 is 0 Å². The first-order valence-corrected chi connectivity index (χ1v) is 9.94. The van der Waals surface area contributed by atoms with E-state index in [2.05, 4.69) is 55.1 Å². The molecule has 4 rings (SSSR count). The maximum absolute atomic E-state index is 6.32. The molecule has 0 bridgehead atoms. The van der Waals surface area contributed by atoms with Gasteiger partial charge in [0.2, 0.25) is 0 Å². The number of likely N-dealkylation sites (tertiary alicyclic amines) is 1. The number of nitrogens with zero attached hydrogens (tertiary/aromatic N) is 1. The zero-order chi connectivity index (χ0) is 17.9. The van der Waals surface area contributed by atoms with Gasteiger partial charge in [-0.2, -0.15) is 0 Å². The molecule has 3 nitrogen and oxygen atoms in total. The normalized spacial score (nSPS) is 21.4. The van der Waals surface area contributed by atoms with E-state index < -0.39 is 0 Å². The first-order valence-electron chi connectivity index (χ1n) is 9.94. The van der Waals surface area contributed by atoms with Gasteiger partial charge in [0.25, 0.3) is 0 Å².